The maximum atomic E-state index is 5.37. The molecular weight excluding hydrogens is 224 g/mol. The van der Waals surface area contributed by atoms with Gasteiger partial charge < -0.3 is 10.1 Å². The molecule has 18 heavy (non-hydrogen) atoms. The lowest BCUT2D eigenvalue weighted by Gasteiger charge is -2.22. The van der Waals surface area contributed by atoms with Crippen LogP contribution < -0.4 is 5.32 Å². The number of pyridine rings is 1. The van der Waals surface area contributed by atoms with E-state index in [-0.39, 0.29) is 0 Å². The number of ether oxygens (including phenoxy) is 1. The highest BCUT2D eigenvalue weighted by Gasteiger charge is 2.13. The van der Waals surface area contributed by atoms with Crippen LogP contribution in [-0.2, 0) is 4.74 Å². The van der Waals surface area contributed by atoms with Crippen LogP contribution in [0, 0.1) is 5.92 Å². The van der Waals surface area contributed by atoms with Crippen molar-refractivity contribution in [2.45, 2.75) is 12.8 Å². The molecule has 3 nitrogen and oxygen atoms in total. The third-order valence-corrected chi connectivity index (χ3v) is 3.51. The summed E-state index contributed by atoms with van der Waals surface area (Å²) in [6.45, 7) is 2.80. The van der Waals surface area contributed by atoms with E-state index in [1.165, 1.54) is 5.39 Å². The number of benzene rings is 1. The van der Waals surface area contributed by atoms with Crippen LogP contribution in [0.15, 0.2) is 36.4 Å². The van der Waals surface area contributed by atoms with Gasteiger partial charge in [0.25, 0.3) is 0 Å². The number of hydrogen-bond donors (Lipinski definition) is 1. The van der Waals surface area contributed by atoms with Crippen molar-refractivity contribution in [3.05, 3.63) is 36.4 Å². The van der Waals surface area contributed by atoms with Gasteiger partial charge in [0.05, 0.1) is 5.52 Å². The standard InChI is InChI=1S/C15H18N2O/c1-2-4-14-13(3-1)5-6-15(17-14)16-11-12-7-9-18-10-8-12/h1-6,12H,7-11H2,(H,16,17). The lowest BCUT2D eigenvalue weighted by atomic mass is 10.0. The number of aromatic nitrogens is 1. The van der Waals surface area contributed by atoms with Crippen molar-refractivity contribution in [2.75, 3.05) is 25.1 Å². The summed E-state index contributed by atoms with van der Waals surface area (Å²) in [5.74, 6) is 1.69. The Morgan fingerprint density at radius 2 is 1.94 bits per heavy atom. The van der Waals surface area contributed by atoms with Crippen LogP contribution in [0.25, 0.3) is 10.9 Å². The molecule has 1 saturated heterocycles. The maximum Gasteiger partial charge on any atom is 0.126 e. The van der Waals surface area contributed by atoms with Gasteiger partial charge in [-0.1, -0.05) is 18.2 Å². The van der Waals surface area contributed by atoms with Gasteiger partial charge in [0.1, 0.15) is 5.82 Å². The zero-order chi connectivity index (χ0) is 12.2. The molecule has 3 rings (SSSR count). The maximum absolute atomic E-state index is 5.37. The number of rotatable bonds is 3. The Morgan fingerprint density at radius 1 is 1.11 bits per heavy atom. The van der Waals surface area contributed by atoms with Gasteiger partial charge in [0.15, 0.2) is 0 Å². The Hall–Kier alpha value is -1.61. The number of hydrogen-bond acceptors (Lipinski definition) is 3. The zero-order valence-electron chi connectivity index (χ0n) is 10.4. The average molecular weight is 242 g/mol. The van der Waals surface area contributed by atoms with E-state index < -0.39 is 0 Å². The third kappa shape index (κ3) is 2.62. The molecule has 0 radical (unpaired) electrons. The summed E-state index contributed by atoms with van der Waals surface area (Å²) in [4.78, 5) is 4.62. The van der Waals surface area contributed by atoms with E-state index in [1.807, 2.05) is 12.1 Å². The molecule has 2 heterocycles. The van der Waals surface area contributed by atoms with Gasteiger partial charge in [-0.2, -0.15) is 0 Å². The Balaban J connectivity index is 1.66. The normalized spacial score (nSPS) is 16.9. The number of nitrogens with zero attached hydrogens (tertiary/aromatic N) is 1. The Labute approximate surface area is 107 Å². The van der Waals surface area contributed by atoms with Crippen molar-refractivity contribution < 1.29 is 4.74 Å². The van der Waals surface area contributed by atoms with Crippen LogP contribution in [0.2, 0.25) is 0 Å². The minimum absolute atomic E-state index is 0.715. The van der Waals surface area contributed by atoms with Gasteiger partial charge in [0, 0.05) is 25.1 Å². The van der Waals surface area contributed by atoms with E-state index in [0.717, 1.165) is 43.9 Å². The Kier molecular flexibility index (Phi) is 3.42. The van der Waals surface area contributed by atoms with E-state index in [4.69, 9.17) is 4.74 Å². The molecule has 2 aromatic rings. The molecule has 1 aliphatic heterocycles. The number of para-hydroxylation sites is 1. The molecule has 0 amide bonds. The first-order chi connectivity index (χ1) is 8.92. The molecule has 0 aliphatic carbocycles. The van der Waals surface area contributed by atoms with Crippen molar-refractivity contribution in [2.24, 2.45) is 5.92 Å². The molecule has 0 saturated carbocycles. The molecule has 3 heteroatoms. The van der Waals surface area contributed by atoms with Crippen LogP contribution >= 0.6 is 0 Å². The second-order valence-electron chi connectivity index (χ2n) is 4.83. The number of anilines is 1. The van der Waals surface area contributed by atoms with Gasteiger partial charge >= 0.3 is 0 Å². The summed E-state index contributed by atoms with van der Waals surface area (Å²) in [5, 5.41) is 4.63. The van der Waals surface area contributed by atoms with Gasteiger partial charge in [-0.05, 0) is 37.0 Å². The molecule has 0 bridgehead atoms. The second kappa shape index (κ2) is 5.36. The van der Waals surface area contributed by atoms with Crippen LogP contribution in [0.5, 0.6) is 0 Å². The fourth-order valence-corrected chi connectivity index (χ4v) is 2.36. The quantitative estimate of drug-likeness (QED) is 0.898. The van der Waals surface area contributed by atoms with Crippen LogP contribution in [0.3, 0.4) is 0 Å². The highest BCUT2D eigenvalue weighted by molar-refractivity contribution is 5.79. The minimum atomic E-state index is 0.715. The summed E-state index contributed by atoms with van der Waals surface area (Å²) in [5.41, 5.74) is 1.05. The van der Waals surface area contributed by atoms with Gasteiger partial charge in [0.2, 0.25) is 0 Å². The summed E-state index contributed by atoms with van der Waals surface area (Å²) in [6, 6.07) is 12.4. The van der Waals surface area contributed by atoms with Crippen molar-refractivity contribution in [3.63, 3.8) is 0 Å². The zero-order valence-corrected chi connectivity index (χ0v) is 10.4. The van der Waals surface area contributed by atoms with Crippen LogP contribution in [0.1, 0.15) is 12.8 Å². The molecule has 1 N–H and O–H groups in total. The van der Waals surface area contributed by atoms with E-state index in [1.54, 1.807) is 0 Å². The fraction of sp³-hybridized carbons (Fsp3) is 0.400. The topological polar surface area (TPSA) is 34.2 Å². The Bertz CT molecular complexity index is 521. The smallest absolute Gasteiger partial charge is 0.126 e. The van der Waals surface area contributed by atoms with E-state index in [2.05, 4.69) is 34.6 Å². The SMILES string of the molecule is c1ccc2nc(NCC3CCOCC3)ccc2c1. The number of fused-ring (bicyclic) bond motifs is 1. The lowest BCUT2D eigenvalue weighted by molar-refractivity contribution is 0.0699. The van der Waals surface area contributed by atoms with Gasteiger partial charge in [-0.25, -0.2) is 4.98 Å². The summed E-state index contributed by atoms with van der Waals surface area (Å²) >= 11 is 0. The van der Waals surface area contributed by atoms with Gasteiger partial charge in [-0.15, -0.1) is 0 Å². The highest BCUT2D eigenvalue weighted by atomic mass is 16.5. The fourth-order valence-electron chi connectivity index (χ4n) is 2.36. The highest BCUT2D eigenvalue weighted by Crippen LogP contribution is 2.17. The molecule has 1 aromatic heterocycles. The molecule has 0 atom stereocenters. The first-order valence-electron chi connectivity index (χ1n) is 6.59. The van der Waals surface area contributed by atoms with Crippen molar-refractivity contribution in [1.82, 2.24) is 4.98 Å². The molecule has 94 valence electrons. The number of nitrogens with one attached hydrogen (secondary N) is 1. The molecule has 1 aromatic carbocycles. The largest absolute Gasteiger partial charge is 0.381 e. The van der Waals surface area contributed by atoms with Crippen LogP contribution in [0.4, 0.5) is 5.82 Å². The first-order valence-corrected chi connectivity index (χ1v) is 6.59. The molecule has 0 unspecified atom stereocenters. The van der Waals surface area contributed by atoms with E-state index in [0.29, 0.717) is 5.92 Å². The van der Waals surface area contributed by atoms with Crippen molar-refractivity contribution >= 4 is 16.7 Å². The van der Waals surface area contributed by atoms with Crippen LogP contribution in [-0.4, -0.2) is 24.7 Å². The van der Waals surface area contributed by atoms with Gasteiger partial charge in [-0.3, -0.25) is 0 Å². The Morgan fingerprint density at radius 3 is 2.83 bits per heavy atom. The summed E-state index contributed by atoms with van der Waals surface area (Å²) in [7, 11) is 0. The molecular formula is C15H18N2O. The van der Waals surface area contributed by atoms with Crippen molar-refractivity contribution in [3.8, 4) is 0 Å². The van der Waals surface area contributed by atoms with E-state index >= 15 is 0 Å². The average Bonchev–Trinajstić information content (AvgIpc) is 2.46. The first kappa shape index (κ1) is 11.5. The predicted molar refractivity (Wildman–Crippen MR) is 73.8 cm³/mol. The molecule has 1 aliphatic rings. The van der Waals surface area contributed by atoms with Crippen molar-refractivity contribution in [1.29, 1.82) is 0 Å². The minimum Gasteiger partial charge on any atom is -0.381 e. The lowest BCUT2D eigenvalue weighted by Crippen LogP contribution is -2.22. The second-order valence-corrected chi connectivity index (χ2v) is 4.83. The monoisotopic (exact) mass is 242 g/mol. The predicted octanol–water partition coefficient (Wildman–Crippen LogP) is 3.07. The summed E-state index contributed by atoms with van der Waals surface area (Å²) in [6.07, 6.45) is 2.31. The van der Waals surface area contributed by atoms with E-state index in [9.17, 15) is 0 Å². The molecule has 1 fully saturated rings. The molecule has 0 spiro atoms. The third-order valence-electron chi connectivity index (χ3n) is 3.51. The summed E-state index contributed by atoms with van der Waals surface area (Å²) < 4.78 is 5.37.